The van der Waals surface area contributed by atoms with Crippen molar-refractivity contribution in [3.63, 3.8) is 0 Å². The summed E-state index contributed by atoms with van der Waals surface area (Å²) < 4.78 is 16.1. The van der Waals surface area contributed by atoms with Gasteiger partial charge in [-0.3, -0.25) is 4.98 Å². The molecule has 0 aliphatic heterocycles. The Morgan fingerprint density at radius 3 is 2.57 bits per heavy atom. The van der Waals surface area contributed by atoms with Gasteiger partial charge in [-0.1, -0.05) is 11.6 Å². The molecule has 0 bridgehead atoms. The summed E-state index contributed by atoms with van der Waals surface area (Å²) >= 11 is 6.27. The van der Waals surface area contributed by atoms with Crippen molar-refractivity contribution >= 4 is 40.2 Å². The molecule has 3 aromatic rings. The largest absolute Gasteiger partial charge is 0.496 e. The van der Waals surface area contributed by atoms with Crippen LogP contribution in [0.25, 0.3) is 10.9 Å². The molecule has 1 heterocycles. The van der Waals surface area contributed by atoms with Crippen LogP contribution in [-0.4, -0.2) is 37.7 Å². The van der Waals surface area contributed by atoms with Crippen LogP contribution in [0, 0.1) is 0 Å². The molecule has 0 saturated carbocycles. The van der Waals surface area contributed by atoms with Crippen LogP contribution < -0.4 is 20.1 Å². The molecule has 0 saturated heterocycles. The van der Waals surface area contributed by atoms with Crippen LogP contribution in [0.4, 0.5) is 10.5 Å². The van der Waals surface area contributed by atoms with Gasteiger partial charge in [0.25, 0.3) is 0 Å². The monoisotopic (exact) mass is 429 g/mol. The molecule has 156 valence electrons. The van der Waals surface area contributed by atoms with E-state index in [2.05, 4.69) is 15.6 Å². The van der Waals surface area contributed by atoms with Gasteiger partial charge in [-0.05, 0) is 31.2 Å². The van der Waals surface area contributed by atoms with E-state index in [0.29, 0.717) is 45.4 Å². The third-order valence-corrected chi connectivity index (χ3v) is 4.49. The van der Waals surface area contributed by atoms with Gasteiger partial charge in [0.1, 0.15) is 22.8 Å². The number of urea groups is 1. The Hall–Kier alpha value is -3.52. The molecule has 3 rings (SSSR count). The van der Waals surface area contributed by atoms with E-state index in [1.165, 1.54) is 14.2 Å². The Labute approximate surface area is 178 Å². The summed E-state index contributed by atoms with van der Waals surface area (Å²) in [6, 6.07) is 9.46. The topological polar surface area (TPSA) is 98.8 Å². The van der Waals surface area contributed by atoms with Crippen LogP contribution in [0.3, 0.4) is 0 Å². The number of rotatable bonds is 6. The fraction of sp³-hybridized carbons (Fsp3) is 0.190. The zero-order valence-electron chi connectivity index (χ0n) is 16.6. The first-order chi connectivity index (χ1) is 14.5. The lowest BCUT2D eigenvalue weighted by molar-refractivity contribution is 0.0597. The molecular weight excluding hydrogens is 410 g/mol. The number of nitrogens with one attached hydrogen (secondary N) is 2. The quantitative estimate of drug-likeness (QED) is 0.555. The number of ether oxygens (including phenoxy) is 3. The highest BCUT2D eigenvalue weighted by atomic mass is 35.5. The van der Waals surface area contributed by atoms with Gasteiger partial charge in [0.2, 0.25) is 0 Å². The summed E-state index contributed by atoms with van der Waals surface area (Å²) in [6.07, 6.45) is 1.58. The van der Waals surface area contributed by atoms with Crippen molar-refractivity contribution in [3.8, 4) is 17.2 Å². The average molecular weight is 430 g/mol. The van der Waals surface area contributed by atoms with Crippen LogP contribution in [0.1, 0.15) is 17.3 Å². The standard InChI is InChI=1S/C21H20ClN3O5/c1-4-23-21(27)25-16-6-5-12(9-15(16)22)30-18-7-8-24-17-11-19(28-2)14(10-13(17)18)20(26)29-3/h5-11H,4H2,1-3H3,(H2,23,25,27). The summed E-state index contributed by atoms with van der Waals surface area (Å²) in [5.41, 5.74) is 1.29. The van der Waals surface area contributed by atoms with Crippen molar-refractivity contribution in [2.75, 3.05) is 26.1 Å². The van der Waals surface area contributed by atoms with E-state index in [1.807, 2.05) is 6.92 Å². The first-order valence-corrected chi connectivity index (χ1v) is 9.42. The van der Waals surface area contributed by atoms with Crippen molar-refractivity contribution in [2.24, 2.45) is 0 Å². The number of hydrogen-bond donors (Lipinski definition) is 2. The van der Waals surface area contributed by atoms with Gasteiger partial charge in [0.05, 0.1) is 30.4 Å². The second kappa shape index (κ2) is 9.32. The molecule has 8 nitrogen and oxygen atoms in total. The van der Waals surface area contributed by atoms with Gasteiger partial charge in [-0.15, -0.1) is 0 Å². The first-order valence-electron chi connectivity index (χ1n) is 9.04. The number of anilines is 1. The van der Waals surface area contributed by atoms with Gasteiger partial charge in [0.15, 0.2) is 0 Å². The highest BCUT2D eigenvalue weighted by Crippen LogP contribution is 2.35. The molecule has 0 atom stereocenters. The Balaban J connectivity index is 1.94. The number of amides is 2. The van der Waals surface area contributed by atoms with Crippen molar-refractivity contribution in [1.29, 1.82) is 0 Å². The number of fused-ring (bicyclic) bond motifs is 1. The lowest BCUT2D eigenvalue weighted by atomic mass is 10.1. The number of pyridine rings is 1. The van der Waals surface area contributed by atoms with Gasteiger partial charge in [-0.25, -0.2) is 9.59 Å². The molecule has 2 amide bonds. The van der Waals surface area contributed by atoms with Crippen molar-refractivity contribution in [1.82, 2.24) is 10.3 Å². The number of carbonyl (C=O) groups excluding carboxylic acids is 2. The van der Waals surface area contributed by atoms with E-state index in [0.717, 1.165) is 0 Å². The second-order valence-electron chi connectivity index (χ2n) is 6.10. The lowest BCUT2D eigenvalue weighted by Gasteiger charge is -2.13. The fourth-order valence-electron chi connectivity index (χ4n) is 2.79. The molecular formula is C21H20ClN3O5. The number of hydrogen-bond acceptors (Lipinski definition) is 6. The predicted molar refractivity (Wildman–Crippen MR) is 114 cm³/mol. The molecule has 0 unspecified atom stereocenters. The van der Waals surface area contributed by atoms with E-state index in [1.54, 1.807) is 42.6 Å². The summed E-state index contributed by atoms with van der Waals surface area (Å²) in [5.74, 6) is 0.730. The normalized spacial score (nSPS) is 10.4. The van der Waals surface area contributed by atoms with Crippen LogP contribution in [0.5, 0.6) is 17.2 Å². The number of carbonyl (C=O) groups is 2. The highest BCUT2D eigenvalue weighted by molar-refractivity contribution is 6.33. The Bertz CT molecular complexity index is 1100. The number of halogens is 1. The van der Waals surface area contributed by atoms with Crippen LogP contribution in [0.2, 0.25) is 5.02 Å². The average Bonchev–Trinajstić information content (AvgIpc) is 2.74. The smallest absolute Gasteiger partial charge is 0.341 e. The third-order valence-electron chi connectivity index (χ3n) is 4.18. The number of nitrogens with zero attached hydrogens (tertiary/aromatic N) is 1. The summed E-state index contributed by atoms with van der Waals surface area (Å²) in [7, 11) is 2.76. The maximum absolute atomic E-state index is 12.1. The summed E-state index contributed by atoms with van der Waals surface area (Å²) in [5, 5.41) is 6.20. The minimum absolute atomic E-state index is 0.255. The molecule has 30 heavy (non-hydrogen) atoms. The van der Waals surface area contributed by atoms with E-state index in [9.17, 15) is 9.59 Å². The zero-order chi connectivity index (χ0) is 21.7. The van der Waals surface area contributed by atoms with E-state index in [-0.39, 0.29) is 11.6 Å². The zero-order valence-corrected chi connectivity index (χ0v) is 17.4. The maximum atomic E-state index is 12.1. The minimum Gasteiger partial charge on any atom is -0.496 e. The summed E-state index contributed by atoms with van der Waals surface area (Å²) in [6.45, 7) is 2.32. The molecule has 0 aliphatic rings. The number of benzene rings is 2. The molecule has 0 spiro atoms. The molecule has 0 aliphatic carbocycles. The van der Waals surface area contributed by atoms with Crippen molar-refractivity contribution in [2.45, 2.75) is 6.92 Å². The molecule has 0 fully saturated rings. The number of aromatic nitrogens is 1. The van der Waals surface area contributed by atoms with E-state index >= 15 is 0 Å². The van der Waals surface area contributed by atoms with Crippen LogP contribution in [0.15, 0.2) is 42.6 Å². The Kier molecular flexibility index (Phi) is 6.58. The number of esters is 1. The van der Waals surface area contributed by atoms with E-state index < -0.39 is 5.97 Å². The predicted octanol–water partition coefficient (Wildman–Crippen LogP) is 4.62. The maximum Gasteiger partial charge on any atom is 0.341 e. The Morgan fingerprint density at radius 1 is 1.10 bits per heavy atom. The fourth-order valence-corrected chi connectivity index (χ4v) is 3.01. The SMILES string of the molecule is CCNC(=O)Nc1ccc(Oc2ccnc3cc(OC)c(C(=O)OC)cc23)cc1Cl. The molecule has 9 heteroatoms. The molecule has 0 radical (unpaired) electrons. The third kappa shape index (κ3) is 4.55. The second-order valence-corrected chi connectivity index (χ2v) is 6.51. The van der Waals surface area contributed by atoms with E-state index in [4.69, 9.17) is 25.8 Å². The van der Waals surface area contributed by atoms with Crippen molar-refractivity contribution < 1.29 is 23.8 Å². The molecule has 2 N–H and O–H groups in total. The van der Waals surface area contributed by atoms with Gasteiger partial charge in [0, 0.05) is 30.3 Å². The van der Waals surface area contributed by atoms with Gasteiger partial charge >= 0.3 is 12.0 Å². The summed E-state index contributed by atoms with van der Waals surface area (Å²) in [4.78, 5) is 28.1. The molecule has 1 aromatic heterocycles. The van der Waals surface area contributed by atoms with Gasteiger partial charge < -0.3 is 24.8 Å². The lowest BCUT2D eigenvalue weighted by Crippen LogP contribution is -2.28. The Morgan fingerprint density at radius 2 is 1.90 bits per heavy atom. The van der Waals surface area contributed by atoms with Crippen LogP contribution >= 0.6 is 11.6 Å². The van der Waals surface area contributed by atoms with Gasteiger partial charge in [-0.2, -0.15) is 0 Å². The number of methoxy groups -OCH3 is 2. The van der Waals surface area contributed by atoms with Crippen LogP contribution in [-0.2, 0) is 4.74 Å². The minimum atomic E-state index is -0.535. The molecule has 2 aromatic carbocycles. The first kappa shape index (κ1) is 21.2. The highest BCUT2D eigenvalue weighted by Gasteiger charge is 2.17. The van der Waals surface area contributed by atoms with Crippen molar-refractivity contribution in [3.05, 3.63) is 53.2 Å².